The molecule has 0 atom stereocenters. The molecule has 1 fully saturated rings. The van der Waals surface area contributed by atoms with Crippen molar-refractivity contribution >= 4 is 21.1 Å². The summed E-state index contributed by atoms with van der Waals surface area (Å²) in [7, 11) is -3.50. The summed E-state index contributed by atoms with van der Waals surface area (Å²) < 4.78 is 45.9. The van der Waals surface area contributed by atoms with Gasteiger partial charge in [0.1, 0.15) is 11.9 Å². The molecule has 146 valence electrons. The number of ether oxygens (including phenoxy) is 1. The van der Waals surface area contributed by atoms with Crippen LogP contribution in [0.25, 0.3) is 11.0 Å². The first-order valence-corrected chi connectivity index (χ1v) is 10.7. The molecular formula is C20H20FN3O3S. The van der Waals surface area contributed by atoms with Gasteiger partial charge >= 0.3 is 0 Å². The molecule has 1 aliphatic rings. The first-order valence-electron chi connectivity index (χ1n) is 9.10. The zero-order valence-electron chi connectivity index (χ0n) is 15.2. The Morgan fingerprint density at radius 3 is 2.57 bits per heavy atom. The van der Waals surface area contributed by atoms with Crippen LogP contribution in [0.3, 0.4) is 0 Å². The highest BCUT2D eigenvalue weighted by atomic mass is 32.2. The van der Waals surface area contributed by atoms with Gasteiger partial charge in [0.25, 0.3) is 0 Å². The maximum absolute atomic E-state index is 13.3. The molecule has 6 nitrogen and oxygen atoms in total. The quantitative estimate of drug-likeness (QED) is 0.657. The number of nitrogens with zero attached hydrogens (tertiary/aromatic N) is 3. The van der Waals surface area contributed by atoms with Gasteiger partial charge in [-0.15, -0.1) is 0 Å². The van der Waals surface area contributed by atoms with Crippen LogP contribution in [-0.4, -0.2) is 41.9 Å². The predicted molar refractivity (Wildman–Crippen MR) is 104 cm³/mol. The molecule has 2 heterocycles. The minimum Gasteiger partial charge on any atom is -0.473 e. The van der Waals surface area contributed by atoms with Gasteiger partial charge in [-0.1, -0.05) is 24.3 Å². The molecule has 0 N–H and O–H groups in total. The van der Waals surface area contributed by atoms with Gasteiger partial charge in [-0.05, 0) is 42.7 Å². The lowest BCUT2D eigenvalue weighted by molar-refractivity contribution is 0.130. The second-order valence-corrected chi connectivity index (χ2v) is 8.77. The molecule has 0 unspecified atom stereocenters. The standard InChI is InChI=1S/C20H20FN3O3S/c21-16-5-3-4-15(12-16)14-28(25,26)24-10-8-17(9-11-24)27-20-13-22-18-6-1-2-7-19(18)23-20/h1-7,12-13,17H,8-11,14H2. The van der Waals surface area contributed by atoms with E-state index in [9.17, 15) is 12.8 Å². The maximum Gasteiger partial charge on any atom is 0.233 e. The number of hydrogen-bond acceptors (Lipinski definition) is 5. The summed E-state index contributed by atoms with van der Waals surface area (Å²) >= 11 is 0. The normalized spacial score (nSPS) is 16.3. The smallest absolute Gasteiger partial charge is 0.233 e. The maximum atomic E-state index is 13.3. The fourth-order valence-electron chi connectivity index (χ4n) is 3.32. The molecule has 2 aromatic carbocycles. The highest BCUT2D eigenvalue weighted by molar-refractivity contribution is 7.88. The molecule has 4 rings (SSSR count). The predicted octanol–water partition coefficient (Wildman–Crippen LogP) is 3.14. The van der Waals surface area contributed by atoms with Gasteiger partial charge in [0, 0.05) is 13.1 Å². The van der Waals surface area contributed by atoms with Crippen LogP contribution in [0.5, 0.6) is 5.88 Å². The minimum absolute atomic E-state index is 0.115. The summed E-state index contributed by atoms with van der Waals surface area (Å²) in [4.78, 5) is 8.78. The Labute approximate surface area is 163 Å². The summed E-state index contributed by atoms with van der Waals surface area (Å²) in [5, 5.41) is 0. The van der Waals surface area contributed by atoms with Gasteiger partial charge in [-0.3, -0.25) is 0 Å². The number of halogens is 1. The van der Waals surface area contributed by atoms with Crippen LogP contribution < -0.4 is 4.74 Å². The number of rotatable bonds is 5. The number of fused-ring (bicyclic) bond motifs is 1. The average molecular weight is 401 g/mol. The van der Waals surface area contributed by atoms with E-state index < -0.39 is 15.8 Å². The Kier molecular flexibility index (Phi) is 5.23. The molecule has 1 aliphatic heterocycles. The Morgan fingerprint density at radius 1 is 1.07 bits per heavy atom. The monoisotopic (exact) mass is 401 g/mol. The number of para-hydroxylation sites is 2. The first kappa shape index (κ1) is 18.8. The lowest BCUT2D eigenvalue weighted by Crippen LogP contribution is -2.42. The van der Waals surface area contributed by atoms with Gasteiger partial charge in [0.05, 0.1) is 23.0 Å². The fraction of sp³-hybridized carbons (Fsp3) is 0.300. The van der Waals surface area contributed by atoms with Gasteiger partial charge in [-0.25, -0.2) is 27.1 Å². The summed E-state index contributed by atoms with van der Waals surface area (Å²) in [6.07, 6.45) is 2.61. The van der Waals surface area contributed by atoms with E-state index in [1.54, 1.807) is 12.3 Å². The molecule has 0 aliphatic carbocycles. The van der Waals surface area contributed by atoms with E-state index in [1.165, 1.54) is 22.5 Å². The minimum atomic E-state index is -3.50. The van der Waals surface area contributed by atoms with Crippen LogP contribution >= 0.6 is 0 Å². The van der Waals surface area contributed by atoms with Gasteiger partial charge < -0.3 is 4.74 Å². The number of piperidine rings is 1. The number of benzene rings is 2. The van der Waals surface area contributed by atoms with E-state index in [2.05, 4.69) is 9.97 Å². The van der Waals surface area contributed by atoms with Crippen molar-refractivity contribution in [2.75, 3.05) is 13.1 Å². The van der Waals surface area contributed by atoms with Crippen molar-refractivity contribution in [3.8, 4) is 5.88 Å². The van der Waals surface area contributed by atoms with Crippen LogP contribution in [0, 0.1) is 5.82 Å². The molecule has 1 aromatic heterocycles. The zero-order chi connectivity index (χ0) is 19.6. The summed E-state index contributed by atoms with van der Waals surface area (Å²) in [6.45, 7) is 0.729. The van der Waals surface area contributed by atoms with E-state index in [4.69, 9.17) is 4.74 Å². The molecule has 0 amide bonds. The van der Waals surface area contributed by atoms with E-state index in [1.807, 2.05) is 24.3 Å². The zero-order valence-corrected chi connectivity index (χ0v) is 16.0. The third kappa shape index (κ3) is 4.28. The second-order valence-electron chi connectivity index (χ2n) is 6.80. The lowest BCUT2D eigenvalue weighted by Gasteiger charge is -2.31. The molecular weight excluding hydrogens is 381 g/mol. The number of aromatic nitrogens is 2. The summed E-state index contributed by atoms with van der Waals surface area (Å²) in [6, 6.07) is 13.2. The van der Waals surface area contributed by atoms with E-state index >= 15 is 0 Å². The molecule has 3 aromatic rings. The fourth-order valence-corrected chi connectivity index (χ4v) is 4.88. The highest BCUT2D eigenvalue weighted by Crippen LogP contribution is 2.22. The van der Waals surface area contributed by atoms with Crippen LogP contribution in [0.1, 0.15) is 18.4 Å². The van der Waals surface area contributed by atoms with Crippen molar-refractivity contribution in [1.29, 1.82) is 0 Å². The molecule has 28 heavy (non-hydrogen) atoms. The van der Waals surface area contributed by atoms with Crippen molar-refractivity contribution in [3.63, 3.8) is 0 Å². The molecule has 0 radical (unpaired) electrons. The molecule has 0 saturated carbocycles. The van der Waals surface area contributed by atoms with Crippen molar-refractivity contribution in [3.05, 3.63) is 66.1 Å². The number of sulfonamides is 1. The Morgan fingerprint density at radius 2 is 1.82 bits per heavy atom. The van der Waals surface area contributed by atoms with E-state index in [-0.39, 0.29) is 11.9 Å². The number of hydrogen-bond donors (Lipinski definition) is 0. The van der Waals surface area contributed by atoms with Gasteiger partial charge in [0.15, 0.2) is 0 Å². The largest absolute Gasteiger partial charge is 0.473 e. The first-order chi connectivity index (χ1) is 13.5. The van der Waals surface area contributed by atoms with Crippen LogP contribution in [0.15, 0.2) is 54.7 Å². The van der Waals surface area contributed by atoms with Gasteiger partial charge in [-0.2, -0.15) is 0 Å². The van der Waals surface area contributed by atoms with Crippen molar-refractivity contribution in [1.82, 2.24) is 14.3 Å². The van der Waals surface area contributed by atoms with E-state index in [0.29, 0.717) is 37.4 Å². The third-order valence-electron chi connectivity index (χ3n) is 4.75. The third-order valence-corrected chi connectivity index (χ3v) is 6.60. The molecule has 0 spiro atoms. The SMILES string of the molecule is O=S(=O)(Cc1cccc(F)c1)N1CCC(Oc2cnc3ccccc3n2)CC1. The van der Waals surface area contributed by atoms with Gasteiger partial charge in [0.2, 0.25) is 15.9 Å². The molecule has 1 saturated heterocycles. The van der Waals surface area contributed by atoms with E-state index in [0.717, 1.165) is 11.0 Å². The highest BCUT2D eigenvalue weighted by Gasteiger charge is 2.29. The molecule has 0 bridgehead atoms. The van der Waals surface area contributed by atoms with Crippen molar-refractivity contribution in [2.45, 2.75) is 24.7 Å². The Hall–Kier alpha value is -2.58. The van der Waals surface area contributed by atoms with Crippen LogP contribution in [0.4, 0.5) is 4.39 Å². The average Bonchev–Trinajstić information content (AvgIpc) is 2.68. The Bertz CT molecular complexity index is 1080. The topological polar surface area (TPSA) is 72.4 Å². The van der Waals surface area contributed by atoms with Crippen molar-refractivity contribution in [2.24, 2.45) is 0 Å². The summed E-state index contributed by atoms with van der Waals surface area (Å²) in [5.74, 6) is -0.192. The van der Waals surface area contributed by atoms with Crippen LogP contribution in [-0.2, 0) is 15.8 Å². The Balaban J connectivity index is 1.37. The second kappa shape index (κ2) is 7.81. The van der Waals surface area contributed by atoms with Crippen LogP contribution in [0.2, 0.25) is 0 Å². The summed E-state index contributed by atoms with van der Waals surface area (Å²) in [5.41, 5.74) is 2.01. The van der Waals surface area contributed by atoms with Crippen molar-refractivity contribution < 1.29 is 17.5 Å². The lowest BCUT2D eigenvalue weighted by atomic mass is 10.1. The molecule has 8 heteroatoms.